The van der Waals surface area contributed by atoms with E-state index in [0.29, 0.717) is 32.1 Å². The maximum absolute atomic E-state index is 12.3. The summed E-state index contributed by atoms with van der Waals surface area (Å²) in [7, 11) is -2.28. The van der Waals surface area contributed by atoms with Gasteiger partial charge in [0.1, 0.15) is 15.7 Å². The number of benzene rings is 1. The standard InChI is InChI=1S/C13H18Cl2N2O4S/c1-20-10-2-3-11(13(15)12(10)14)22(18,19)16-4-5-17-6-8-21-9-7-17/h2-3,16H,4-9H2,1H3. The van der Waals surface area contributed by atoms with Gasteiger partial charge in [0, 0.05) is 26.2 Å². The summed E-state index contributed by atoms with van der Waals surface area (Å²) < 4.78 is 37.4. The molecule has 0 saturated carbocycles. The Labute approximate surface area is 140 Å². The largest absolute Gasteiger partial charge is 0.495 e. The molecule has 1 aromatic rings. The van der Waals surface area contributed by atoms with Gasteiger partial charge in [0.2, 0.25) is 10.0 Å². The predicted molar refractivity (Wildman–Crippen MR) is 85.5 cm³/mol. The molecule has 1 N–H and O–H groups in total. The van der Waals surface area contributed by atoms with Gasteiger partial charge in [-0.05, 0) is 12.1 Å². The van der Waals surface area contributed by atoms with E-state index in [1.54, 1.807) is 0 Å². The van der Waals surface area contributed by atoms with Gasteiger partial charge >= 0.3 is 0 Å². The first kappa shape index (κ1) is 17.8. The van der Waals surface area contributed by atoms with E-state index in [2.05, 4.69) is 9.62 Å². The molecule has 1 aliphatic rings. The highest BCUT2D eigenvalue weighted by molar-refractivity contribution is 7.89. The number of ether oxygens (including phenoxy) is 2. The van der Waals surface area contributed by atoms with Crippen molar-refractivity contribution in [1.82, 2.24) is 9.62 Å². The van der Waals surface area contributed by atoms with Crippen molar-refractivity contribution < 1.29 is 17.9 Å². The van der Waals surface area contributed by atoms with Crippen molar-refractivity contribution in [2.75, 3.05) is 46.5 Å². The van der Waals surface area contributed by atoms with Crippen LogP contribution in [0.3, 0.4) is 0 Å². The summed E-state index contributed by atoms with van der Waals surface area (Å²) in [6, 6.07) is 2.86. The minimum absolute atomic E-state index is 0.0418. The Morgan fingerprint density at radius 3 is 2.59 bits per heavy atom. The van der Waals surface area contributed by atoms with E-state index in [1.165, 1.54) is 19.2 Å². The summed E-state index contributed by atoms with van der Waals surface area (Å²) in [5, 5.41) is 0.0418. The summed E-state index contributed by atoms with van der Waals surface area (Å²) in [6.07, 6.45) is 0. The molecule has 0 atom stereocenters. The lowest BCUT2D eigenvalue weighted by Gasteiger charge is -2.26. The van der Waals surface area contributed by atoms with Crippen LogP contribution in [-0.2, 0) is 14.8 Å². The maximum atomic E-state index is 12.3. The lowest BCUT2D eigenvalue weighted by atomic mass is 10.3. The van der Waals surface area contributed by atoms with Crippen LogP contribution in [0.25, 0.3) is 0 Å². The first-order valence-electron chi connectivity index (χ1n) is 6.77. The van der Waals surface area contributed by atoms with Crippen LogP contribution >= 0.6 is 23.2 Å². The predicted octanol–water partition coefficient (Wildman–Crippen LogP) is 1.61. The minimum Gasteiger partial charge on any atom is -0.495 e. The Morgan fingerprint density at radius 1 is 1.27 bits per heavy atom. The second kappa shape index (κ2) is 7.81. The molecule has 1 fully saturated rings. The highest BCUT2D eigenvalue weighted by atomic mass is 35.5. The molecular formula is C13H18Cl2N2O4S. The Hall–Kier alpha value is -0.570. The molecule has 2 rings (SSSR count). The summed E-state index contributed by atoms with van der Waals surface area (Å²) in [4.78, 5) is 2.08. The average molecular weight is 369 g/mol. The van der Waals surface area contributed by atoms with Gasteiger partial charge in [0.25, 0.3) is 0 Å². The number of nitrogens with one attached hydrogen (secondary N) is 1. The normalized spacial score (nSPS) is 16.7. The molecule has 1 aromatic carbocycles. The topological polar surface area (TPSA) is 67.9 Å². The third-order valence-electron chi connectivity index (χ3n) is 3.34. The second-order valence-electron chi connectivity index (χ2n) is 4.75. The van der Waals surface area contributed by atoms with Crippen molar-refractivity contribution in [3.63, 3.8) is 0 Å². The molecule has 6 nitrogen and oxygen atoms in total. The Balaban J connectivity index is 2.02. The van der Waals surface area contributed by atoms with Gasteiger partial charge in [0.15, 0.2) is 0 Å². The summed E-state index contributed by atoms with van der Waals surface area (Å²) >= 11 is 12.0. The van der Waals surface area contributed by atoms with Crippen LogP contribution in [0.4, 0.5) is 0 Å². The minimum atomic E-state index is -3.72. The zero-order chi connectivity index (χ0) is 16.2. The van der Waals surface area contributed by atoms with E-state index in [1.807, 2.05) is 0 Å². The van der Waals surface area contributed by atoms with E-state index in [-0.39, 0.29) is 14.9 Å². The number of rotatable bonds is 6. The van der Waals surface area contributed by atoms with Crippen LogP contribution in [0.5, 0.6) is 5.75 Å². The van der Waals surface area contributed by atoms with Crippen molar-refractivity contribution in [2.24, 2.45) is 0 Å². The van der Waals surface area contributed by atoms with Crippen molar-refractivity contribution >= 4 is 33.2 Å². The number of methoxy groups -OCH3 is 1. The molecule has 9 heteroatoms. The Bertz CT molecular complexity index is 619. The van der Waals surface area contributed by atoms with Gasteiger partial charge in [0.05, 0.1) is 25.3 Å². The molecule has 0 spiro atoms. The molecule has 1 saturated heterocycles. The lowest BCUT2D eigenvalue weighted by molar-refractivity contribution is 0.0390. The van der Waals surface area contributed by atoms with Crippen LogP contribution < -0.4 is 9.46 Å². The molecule has 0 amide bonds. The van der Waals surface area contributed by atoms with Crippen molar-refractivity contribution in [2.45, 2.75) is 4.90 Å². The third kappa shape index (κ3) is 4.24. The molecule has 0 aromatic heterocycles. The van der Waals surface area contributed by atoms with Crippen molar-refractivity contribution in [3.8, 4) is 5.75 Å². The van der Waals surface area contributed by atoms with Crippen LogP contribution in [0.1, 0.15) is 0 Å². The van der Waals surface area contributed by atoms with Crippen LogP contribution in [0, 0.1) is 0 Å². The average Bonchev–Trinajstić information content (AvgIpc) is 2.50. The molecule has 0 bridgehead atoms. The number of halogens is 2. The molecule has 0 unspecified atom stereocenters. The van der Waals surface area contributed by atoms with Gasteiger partial charge in [-0.2, -0.15) is 0 Å². The fourth-order valence-electron chi connectivity index (χ4n) is 2.12. The Morgan fingerprint density at radius 2 is 1.95 bits per heavy atom. The summed E-state index contributed by atoms with van der Waals surface area (Å²) in [5.41, 5.74) is 0. The molecule has 0 radical (unpaired) electrons. The highest BCUT2D eigenvalue weighted by Crippen LogP contribution is 2.36. The molecule has 0 aliphatic carbocycles. The second-order valence-corrected chi connectivity index (χ2v) is 7.24. The smallest absolute Gasteiger partial charge is 0.242 e. The fraction of sp³-hybridized carbons (Fsp3) is 0.538. The maximum Gasteiger partial charge on any atom is 0.242 e. The van der Waals surface area contributed by atoms with Gasteiger partial charge < -0.3 is 9.47 Å². The van der Waals surface area contributed by atoms with Gasteiger partial charge in [-0.25, -0.2) is 13.1 Å². The van der Waals surface area contributed by atoms with Crippen molar-refractivity contribution in [1.29, 1.82) is 0 Å². The zero-order valence-corrected chi connectivity index (χ0v) is 14.5. The van der Waals surface area contributed by atoms with Gasteiger partial charge in [-0.15, -0.1) is 0 Å². The van der Waals surface area contributed by atoms with Gasteiger partial charge in [-0.1, -0.05) is 23.2 Å². The fourth-order valence-corrected chi connectivity index (χ4v) is 3.98. The first-order chi connectivity index (χ1) is 10.5. The van der Waals surface area contributed by atoms with Crippen LogP contribution in [0.2, 0.25) is 10.0 Å². The number of sulfonamides is 1. The third-order valence-corrected chi connectivity index (χ3v) is 5.82. The van der Waals surface area contributed by atoms with E-state index in [9.17, 15) is 8.42 Å². The number of nitrogens with zero attached hydrogens (tertiary/aromatic N) is 1. The first-order valence-corrected chi connectivity index (χ1v) is 9.01. The highest BCUT2D eigenvalue weighted by Gasteiger charge is 2.22. The SMILES string of the molecule is COc1ccc(S(=O)(=O)NCCN2CCOCC2)c(Cl)c1Cl. The molecule has 1 aliphatic heterocycles. The van der Waals surface area contributed by atoms with E-state index in [0.717, 1.165) is 13.1 Å². The van der Waals surface area contributed by atoms with Crippen molar-refractivity contribution in [3.05, 3.63) is 22.2 Å². The monoisotopic (exact) mass is 368 g/mol. The van der Waals surface area contributed by atoms with Crippen LogP contribution in [0.15, 0.2) is 17.0 Å². The van der Waals surface area contributed by atoms with E-state index in [4.69, 9.17) is 32.7 Å². The van der Waals surface area contributed by atoms with E-state index >= 15 is 0 Å². The zero-order valence-electron chi connectivity index (χ0n) is 12.1. The molecule has 124 valence electrons. The lowest BCUT2D eigenvalue weighted by Crippen LogP contribution is -2.41. The molecular weight excluding hydrogens is 351 g/mol. The molecule has 22 heavy (non-hydrogen) atoms. The van der Waals surface area contributed by atoms with E-state index < -0.39 is 10.0 Å². The number of morpholine rings is 1. The summed E-state index contributed by atoms with van der Waals surface area (Å²) in [5.74, 6) is 0.332. The number of hydrogen-bond acceptors (Lipinski definition) is 5. The quantitative estimate of drug-likeness (QED) is 0.825. The molecule has 1 heterocycles. The van der Waals surface area contributed by atoms with Gasteiger partial charge in [-0.3, -0.25) is 4.90 Å². The number of hydrogen-bond donors (Lipinski definition) is 1. The van der Waals surface area contributed by atoms with Crippen LogP contribution in [-0.4, -0.2) is 59.8 Å². The Kier molecular flexibility index (Phi) is 6.31. The summed E-state index contributed by atoms with van der Waals surface area (Å²) in [6.45, 7) is 3.86.